The number of methoxy groups -OCH3 is 2. The Kier molecular flexibility index (Phi) is 7.14. The topological polar surface area (TPSA) is 43.2 Å². The van der Waals surface area contributed by atoms with Crippen molar-refractivity contribution in [2.24, 2.45) is 15.9 Å². The van der Waals surface area contributed by atoms with E-state index in [0.29, 0.717) is 16.8 Å². The molecule has 26 heavy (non-hydrogen) atoms. The highest BCUT2D eigenvalue weighted by molar-refractivity contribution is 9.10. The van der Waals surface area contributed by atoms with Gasteiger partial charge in [-0.2, -0.15) is 0 Å². The number of nitrogens with zero attached hydrogens (tertiary/aromatic N) is 2. The summed E-state index contributed by atoms with van der Waals surface area (Å²) in [5.41, 5.74) is 0.396. The maximum atomic E-state index is 6.56. The van der Waals surface area contributed by atoms with Crippen molar-refractivity contribution < 1.29 is 9.47 Å². The maximum absolute atomic E-state index is 6.56. The molecule has 1 aromatic carbocycles. The molecule has 6 heteroatoms. The van der Waals surface area contributed by atoms with Gasteiger partial charge in [-0.05, 0) is 30.0 Å². The Morgan fingerprint density at radius 2 is 1.92 bits per heavy atom. The zero-order valence-electron chi connectivity index (χ0n) is 16.3. The van der Waals surface area contributed by atoms with E-state index in [1.807, 2.05) is 18.2 Å². The number of benzene rings is 1. The first kappa shape index (κ1) is 21.2. The van der Waals surface area contributed by atoms with Gasteiger partial charge in [0, 0.05) is 15.4 Å². The minimum Gasteiger partial charge on any atom is -0.483 e. The maximum Gasteiger partial charge on any atom is 0.213 e. The molecule has 0 aromatic heterocycles. The van der Waals surface area contributed by atoms with Crippen molar-refractivity contribution in [3.63, 3.8) is 0 Å². The molecule has 1 aromatic rings. The van der Waals surface area contributed by atoms with Gasteiger partial charge >= 0.3 is 0 Å². The predicted molar refractivity (Wildman–Crippen MR) is 113 cm³/mol. The third kappa shape index (κ3) is 3.94. The van der Waals surface area contributed by atoms with Gasteiger partial charge in [0.15, 0.2) is 0 Å². The molecule has 1 aliphatic heterocycles. The van der Waals surface area contributed by atoms with Crippen molar-refractivity contribution in [1.29, 1.82) is 0 Å². The summed E-state index contributed by atoms with van der Waals surface area (Å²) in [7, 11) is 3.33. The van der Waals surface area contributed by atoms with Crippen LogP contribution >= 0.6 is 27.5 Å². The summed E-state index contributed by atoms with van der Waals surface area (Å²) in [5, 5.41) is 0.706. The third-order valence-corrected chi connectivity index (χ3v) is 5.82. The first-order chi connectivity index (χ1) is 12.3. The average molecular weight is 444 g/mol. The quantitative estimate of drug-likeness (QED) is 0.571. The van der Waals surface area contributed by atoms with E-state index >= 15 is 0 Å². The highest BCUT2D eigenvalue weighted by Crippen LogP contribution is 2.42. The van der Waals surface area contributed by atoms with Gasteiger partial charge < -0.3 is 9.47 Å². The summed E-state index contributed by atoms with van der Waals surface area (Å²) in [6, 6.07) is 5.82. The largest absolute Gasteiger partial charge is 0.483 e. The van der Waals surface area contributed by atoms with Crippen LogP contribution in [-0.4, -0.2) is 37.6 Å². The Morgan fingerprint density at radius 3 is 2.42 bits per heavy atom. The SMILES string of the molecule is CCC[C@]1(C(C)c2ccc(Br)cc2Cl)N=C(OC)[C@@H](C(C)C)N=C1OC. The second-order valence-electron chi connectivity index (χ2n) is 7.04. The summed E-state index contributed by atoms with van der Waals surface area (Å²) in [6.45, 7) is 8.49. The number of hydrogen-bond donors (Lipinski definition) is 0. The Bertz CT molecular complexity index is 705. The fourth-order valence-electron chi connectivity index (χ4n) is 3.59. The van der Waals surface area contributed by atoms with Gasteiger partial charge in [0.1, 0.15) is 11.6 Å². The second-order valence-corrected chi connectivity index (χ2v) is 8.37. The fourth-order valence-corrected chi connectivity index (χ4v) is 4.42. The van der Waals surface area contributed by atoms with Crippen LogP contribution in [0, 0.1) is 5.92 Å². The molecule has 2 rings (SSSR count). The zero-order chi connectivity index (χ0) is 19.5. The van der Waals surface area contributed by atoms with Crippen LogP contribution < -0.4 is 0 Å². The minimum atomic E-state index is -0.627. The van der Waals surface area contributed by atoms with E-state index in [9.17, 15) is 0 Å². The molecule has 0 spiro atoms. The molecule has 144 valence electrons. The molecule has 0 radical (unpaired) electrons. The molecule has 0 fully saturated rings. The number of rotatable bonds is 5. The molecule has 0 aliphatic carbocycles. The van der Waals surface area contributed by atoms with E-state index < -0.39 is 5.54 Å². The van der Waals surface area contributed by atoms with E-state index in [-0.39, 0.29) is 17.9 Å². The third-order valence-electron chi connectivity index (χ3n) is 5.00. The van der Waals surface area contributed by atoms with Gasteiger partial charge in [0.2, 0.25) is 11.8 Å². The molecule has 4 nitrogen and oxygen atoms in total. The van der Waals surface area contributed by atoms with E-state index in [1.165, 1.54) is 0 Å². The first-order valence-corrected chi connectivity index (χ1v) is 10.2. The van der Waals surface area contributed by atoms with Gasteiger partial charge in [-0.1, -0.05) is 67.7 Å². The minimum absolute atomic E-state index is 0.0139. The van der Waals surface area contributed by atoms with Crippen molar-refractivity contribution in [1.82, 2.24) is 0 Å². The smallest absolute Gasteiger partial charge is 0.213 e. The lowest BCUT2D eigenvalue weighted by Gasteiger charge is -2.40. The molecule has 0 N–H and O–H groups in total. The summed E-state index contributed by atoms with van der Waals surface area (Å²) >= 11 is 10.0. The van der Waals surface area contributed by atoms with Crippen LogP contribution in [0.3, 0.4) is 0 Å². The summed E-state index contributed by atoms with van der Waals surface area (Å²) in [6.07, 6.45) is 1.73. The van der Waals surface area contributed by atoms with Gasteiger partial charge in [0.05, 0.1) is 14.2 Å². The molecular formula is C20H28BrClN2O2. The zero-order valence-corrected chi connectivity index (χ0v) is 18.7. The second kappa shape index (κ2) is 8.75. The van der Waals surface area contributed by atoms with E-state index in [2.05, 4.69) is 43.6 Å². The summed E-state index contributed by atoms with van der Waals surface area (Å²) < 4.78 is 12.4. The van der Waals surface area contributed by atoms with Gasteiger partial charge in [-0.15, -0.1) is 0 Å². The van der Waals surface area contributed by atoms with Crippen molar-refractivity contribution in [3.8, 4) is 0 Å². The van der Waals surface area contributed by atoms with Crippen molar-refractivity contribution in [3.05, 3.63) is 33.3 Å². The molecular weight excluding hydrogens is 416 g/mol. The Balaban J connectivity index is 2.62. The Labute approximate surface area is 170 Å². The monoisotopic (exact) mass is 442 g/mol. The molecule has 1 aliphatic rings. The highest BCUT2D eigenvalue weighted by Gasteiger charge is 2.47. The Hall–Kier alpha value is -1.07. The molecule has 0 saturated carbocycles. The van der Waals surface area contributed by atoms with Crippen LogP contribution in [0.15, 0.2) is 32.7 Å². The predicted octanol–water partition coefficient (Wildman–Crippen LogP) is 5.87. The van der Waals surface area contributed by atoms with Crippen LogP contribution in [0.25, 0.3) is 0 Å². The lowest BCUT2D eigenvalue weighted by molar-refractivity contribution is 0.279. The van der Waals surface area contributed by atoms with Gasteiger partial charge in [0.25, 0.3) is 0 Å². The van der Waals surface area contributed by atoms with Gasteiger partial charge in [-0.3, -0.25) is 0 Å². The van der Waals surface area contributed by atoms with E-state index in [4.69, 9.17) is 31.1 Å². The molecule has 0 saturated heterocycles. The highest BCUT2D eigenvalue weighted by atomic mass is 79.9. The van der Waals surface area contributed by atoms with Crippen molar-refractivity contribution in [2.45, 2.75) is 58.0 Å². The number of hydrogen-bond acceptors (Lipinski definition) is 4. The molecule has 1 unspecified atom stereocenters. The van der Waals surface area contributed by atoms with E-state index in [1.54, 1.807) is 14.2 Å². The first-order valence-electron chi connectivity index (χ1n) is 9.01. The standard InChI is InChI=1S/C20H28BrClN2O2/c1-7-10-20(13(4)15-9-8-14(21)11-16(15)22)19(26-6)23-17(12(2)3)18(24-20)25-5/h8-9,11-13,17H,7,10H2,1-6H3/t13?,17-,20-/m1/s1. The molecule has 0 amide bonds. The summed E-state index contributed by atoms with van der Waals surface area (Å²) in [5.74, 6) is 1.57. The Morgan fingerprint density at radius 1 is 1.23 bits per heavy atom. The van der Waals surface area contributed by atoms with Crippen LogP contribution in [0.4, 0.5) is 0 Å². The lowest BCUT2D eigenvalue weighted by atomic mass is 9.76. The van der Waals surface area contributed by atoms with Crippen molar-refractivity contribution in [2.75, 3.05) is 14.2 Å². The van der Waals surface area contributed by atoms with Crippen LogP contribution in [-0.2, 0) is 9.47 Å². The number of ether oxygens (including phenoxy) is 2. The molecule has 3 atom stereocenters. The molecule has 0 bridgehead atoms. The normalized spacial score (nSPS) is 24.1. The van der Waals surface area contributed by atoms with Gasteiger partial charge in [-0.25, -0.2) is 9.98 Å². The van der Waals surface area contributed by atoms with Crippen LogP contribution in [0.2, 0.25) is 5.02 Å². The van der Waals surface area contributed by atoms with Crippen molar-refractivity contribution >= 4 is 39.3 Å². The van der Waals surface area contributed by atoms with Crippen LogP contribution in [0.5, 0.6) is 0 Å². The fraction of sp³-hybridized carbons (Fsp3) is 0.600. The van der Waals surface area contributed by atoms with E-state index in [0.717, 1.165) is 22.9 Å². The van der Waals surface area contributed by atoms with Crippen LogP contribution in [0.1, 0.15) is 52.0 Å². The lowest BCUT2D eigenvalue weighted by Crippen LogP contribution is -2.49. The number of halogens is 2. The number of aliphatic imine (C=N–C) groups is 2. The average Bonchev–Trinajstić information content (AvgIpc) is 2.60. The summed E-state index contributed by atoms with van der Waals surface area (Å²) in [4.78, 5) is 9.99. The molecule has 1 heterocycles.